The third-order valence-corrected chi connectivity index (χ3v) is 4.51. The van der Waals surface area contributed by atoms with Crippen LogP contribution in [0.5, 0.6) is 0 Å². The molecule has 3 N–H and O–H groups in total. The molecule has 0 atom stereocenters. The Balaban J connectivity index is 0.00000364. The largest absolute Gasteiger partial charge is 0.357 e. The van der Waals surface area contributed by atoms with Crippen LogP contribution in [-0.4, -0.2) is 56.4 Å². The van der Waals surface area contributed by atoms with Crippen molar-refractivity contribution in [2.75, 3.05) is 32.4 Å². The van der Waals surface area contributed by atoms with Gasteiger partial charge < -0.3 is 15.2 Å². The number of sulfonamides is 1. The third kappa shape index (κ3) is 8.01. The van der Waals surface area contributed by atoms with Gasteiger partial charge in [0.15, 0.2) is 5.96 Å². The van der Waals surface area contributed by atoms with Gasteiger partial charge in [0.2, 0.25) is 10.0 Å². The summed E-state index contributed by atoms with van der Waals surface area (Å²) in [6.45, 7) is 7.08. The lowest BCUT2D eigenvalue weighted by atomic mass is 10.3. The second-order valence-corrected chi connectivity index (χ2v) is 7.84. The number of hydrogen-bond acceptors (Lipinski definition) is 4. The van der Waals surface area contributed by atoms with E-state index >= 15 is 0 Å². The average molecular weight is 508 g/mol. The molecule has 152 valence electrons. The number of halogens is 1. The molecule has 1 heterocycles. The molecule has 2 rings (SSSR count). The Morgan fingerprint density at radius 1 is 1.22 bits per heavy atom. The molecule has 0 bridgehead atoms. The van der Waals surface area contributed by atoms with Gasteiger partial charge in [-0.15, -0.1) is 24.0 Å². The molecule has 27 heavy (non-hydrogen) atoms. The Bertz CT molecular complexity index is 850. The minimum Gasteiger partial charge on any atom is -0.357 e. The minimum absolute atomic E-state index is 0. The zero-order chi connectivity index (χ0) is 19.0. The predicted molar refractivity (Wildman–Crippen MR) is 121 cm³/mol. The molecule has 1 aromatic heterocycles. The van der Waals surface area contributed by atoms with E-state index in [1.165, 1.54) is 0 Å². The van der Waals surface area contributed by atoms with Crippen LogP contribution in [0.15, 0.2) is 29.3 Å². The second-order valence-electron chi connectivity index (χ2n) is 6.01. The molecule has 0 aliphatic rings. The van der Waals surface area contributed by atoms with Crippen LogP contribution in [0.25, 0.3) is 11.0 Å². The summed E-state index contributed by atoms with van der Waals surface area (Å²) in [7, 11) is -3.16. The molecule has 0 aliphatic heterocycles. The molecule has 10 heteroatoms. The maximum Gasteiger partial charge on any atom is 0.208 e. The fraction of sp³-hybridized carbons (Fsp3) is 0.529. The fourth-order valence-electron chi connectivity index (χ4n) is 2.66. The van der Waals surface area contributed by atoms with Gasteiger partial charge >= 0.3 is 0 Å². The van der Waals surface area contributed by atoms with E-state index in [1.54, 1.807) is 0 Å². The first-order valence-corrected chi connectivity index (χ1v) is 10.7. The molecule has 0 aliphatic carbocycles. The van der Waals surface area contributed by atoms with Crippen molar-refractivity contribution in [1.29, 1.82) is 0 Å². The standard InChI is InChI=1S/C17H28N6O2S.HI/c1-4-18-17(20-11-12-21-26(3,24)25)19-10-7-13-23-14(2)22-15-8-5-6-9-16(15)23;/h5-6,8-9,21H,4,7,10-13H2,1-3H3,(H2,18,19,20);1H. The van der Waals surface area contributed by atoms with Crippen LogP contribution in [0.4, 0.5) is 0 Å². The van der Waals surface area contributed by atoms with Gasteiger partial charge in [-0.05, 0) is 32.4 Å². The lowest BCUT2D eigenvalue weighted by molar-refractivity contribution is 0.586. The molecular weight excluding hydrogens is 479 g/mol. The molecular formula is C17H29IN6O2S. The lowest BCUT2D eigenvalue weighted by Crippen LogP contribution is -2.41. The number of fused-ring (bicyclic) bond motifs is 1. The number of para-hydroxylation sites is 2. The number of nitrogens with zero attached hydrogens (tertiary/aromatic N) is 3. The molecule has 0 radical (unpaired) electrons. The van der Waals surface area contributed by atoms with Gasteiger partial charge in [0.25, 0.3) is 0 Å². The highest BCUT2D eigenvalue weighted by Gasteiger charge is 2.06. The first kappa shape index (κ1) is 23.6. The van der Waals surface area contributed by atoms with E-state index in [2.05, 4.69) is 36.0 Å². The van der Waals surface area contributed by atoms with Crippen molar-refractivity contribution >= 4 is 51.0 Å². The van der Waals surface area contributed by atoms with Gasteiger partial charge in [-0.2, -0.15) is 0 Å². The molecule has 0 saturated heterocycles. The van der Waals surface area contributed by atoms with Crippen LogP contribution in [0, 0.1) is 6.92 Å². The highest BCUT2D eigenvalue weighted by atomic mass is 127. The Morgan fingerprint density at radius 2 is 1.96 bits per heavy atom. The normalized spacial score (nSPS) is 12.0. The number of aliphatic imine (C=N–C) groups is 1. The topological polar surface area (TPSA) is 100 Å². The van der Waals surface area contributed by atoms with E-state index < -0.39 is 10.0 Å². The van der Waals surface area contributed by atoms with Crippen LogP contribution in [-0.2, 0) is 16.6 Å². The van der Waals surface area contributed by atoms with Crippen LogP contribution in [0.3, 0.4) is 0 Å². The summed E-state index contributed by atoms with van der Waals surface area (Å²) in [5, 5.41) is 6.28. The Labute approximate surface area is 178 Å². The molecule has 0 amide bonds. The molecule has 0 spiro atoms. The molecule has 0 unspecified atom stereocenters. The smallest absolute Gasteiger partial charge is 0.208 e. The summed E-state index contributed by atoms with van der Waals surface area (Å²) in [6, 6.07) is 8.12. The van der Waals surface area contributed by atoms with Crippen molar-refractivity contribution in [3.63, 3.8) is 0 Å². The van der Waals surface area contributed by atoms with E-state index in [4.69, 9.17) is 0 Å². The third-order valence-electron chi connectivity index (χ3n) is 3.78. The van der Waals surface area contributed by atoms with Gasteiger partial charge in [0, 0.05) is 32.7 Å². The fourth-order valence-corrected chi connectivity index (χ4v) is 3.13. The van der Waals surface area contributed by atoms with Crippen molar-refractivity contribution in [1.82, 2.24) is 24.9 Å². The van der Waals surface area contributed by atoms with E-state index in [0.717, 1.165) is 42.6 Å². The quantitative estimate of drug-likeness (QED) is 0.206. The second kappa shape index (κ2) is 11.4. The predicted octanol–water partition coefficient (Wildman–Crippen LogP) is 1.46. The van der Waals surface area contributed by atoms with E-state index in [-0.39, 0.29) is 24.0 Å². The Hall–Kier alpha value is -1.40. The van der Waals surface area contributed by atoms with Crippen molar-refractivity contribution in [2.45, 2.75) is 26.8 Å². The van der Waals surface area contributed by atoms with Crippen LogP contribution < -0.4 is 15.4 Å². The van der Waals surface area contributed by atoms with Gasteiger partial charge in [0.05, 0.1) is 17.3 Å². The zero-order valence-corrected chi connectivity index (χ0v) is 19.2. The van der Waals surface area contributed by atoms with Gasteiger partial charge in [-0.3, -0.25) is 4.99 Å². The molecule has 0 fully saturated rings. The number of aromatic nitrogens is 2. The maximum atomic E-state index is 11.1. The van der Waals surface area contributed by atoms with Crippen molar-refractivity contribution in [3.05, 3.63) is 30.1 Å². The summed E-state index contributed by atoms with van der Waals surface area (Å²) >= 11 is 0. The number of rotatable bonds is 9. The van der Waals surface area contributed by atoms with Crippen LogP contribution >= 0.6 is 24.0 Å². The lowest BCUT2D eigenvalue weighted by Gasteiger charge is -2.11. The number of hydrogen-bond donors (Lipinski definition) is 3. The van der Waals surface area contributed by atoms with Crippen molar-refractivity contribution < 1.29 is 8.42 Å². The number of aryl methyl sites for hydroxylation is 2. The summed E-state index contributed by atoms with van der Waals surface area (Å²) in [5.74, 6) is 1.70. The van der Waals surface area contributed by atoms with Gasteiger partial charge in [-0.1, -0.05) is 12.1 Å². The Kier molecular flexibility index (Phi) is 10.0. The van der Waals surface area contributed by atoms with Gasteiger partial charge in [-0.25, -0.2) is 18.1 Å². The van der Waals surface area contributed by atoms with Crippen LogP contribution in [0.2, 0.25) is 0 Å². The molecule has 0 saturated carbocycles. The molecule has 1 aromatic carbocycles. The van der Waals surface area contributed by atoms with Crippen molar-refractivity contribution in [3.8, 4) is 0 Å². The van der Waals surface area contributed by atoms with E-state index in [9.17, 15) is 8.42 Å². The maximum absolute atomic E-state index is 11.1. The molecule has 8 nitrogen and oxygen atoms in total. The van der Waals surface area contributed by atoms with Gasteiger partial charge in [0.1, 0.15) is 5.82 Å². The van der Waals surface area contributed by atoms with E-state index in [0.29, 0.717) is 25.6 Å². The Morgan fingerprint density at radius 3 is 2.67 bits per heavy atom. The van der Waals surface area contributed by atoms with Crippen molar-refractivity contribution in [2.24, 2.45) is 4.99 Å². The monoisotopic (exact) mass is 508 g/mol. The highest BCUT2D eigenvalue weighted by molar-refractivity contribution is 14.0. The first-order valence-electron chi connectivity index (χ1n) is 8.79. The summed E-state index contributed by atoms with van der Waals surface area (Å²) in [6.07, 6.45) is 2.04. The molecule has 2 aromatic rings. The average Bonchev–Trinajstić information content (AvgIpc) is 2.90. The number of imidazole rings is 1. The highest BCUT2D eigenvalue weighted by Crippen LogP contribution is 2.15. The number of nitrogens with one attached hydrogen (secondary N) is 3. The number of guanidine groups is 1. The first-order chi connectivity index (χ1) is 12.4. The zero-order valence-electron chi connectivity index (χ0n) is 16.0. The summed E-state index contributed by atoms with van der Waals surface area (Å²) < 4.78 is 26.8. The summed E-state index contributed by atoms with van der Waals surface area (Å²) in [4.78, 5) is 9.11. The minimum atomic E-state index is -3.16. The summed E-state index contributed by atoms with van der Waals surface area (Å²) in [5.41, 5.74) is 2.16. The number of benzene rings is 1. The van der Waals surface area contributed by atoms with Crippen LogP contribution in [0.1, 0.15) is 19.2 Å². The SMILES string of the molecule is CCNC(=NCCCn1c(C)nc2ccccc21)NCCNS(C)(=O)=O.I. The van der Waals surface area contributed by atoms with E-state index in [1.807, 2.05) is 32.0 Å².